The van der Waals surface area contributed by atoms with Crippen LogP contribution in [0.3, 0.4) is 0 Å². The molecule has 0 radical (unpaired) electrons. The summed E-state index contributed by atoms with van der Waals surface area (Å²) in [7, 11) is 1.66. The molecule has 31 heavy (non-hydrogen) atoms. The number of hydrogen-bond acceptors (Lipinski definition) is 4. The predicted octanol–water partition coefficient (Wildman–Crippen LogP) is 4.21. The third-order valence-electron chi connectivity index (χ3n) is 6.80. The fraction of sp³-hybridized carbons (Fsp3) is 0.360. The maximum absolute atomic E-state index is 13.0. The van der Waals surface area contributed by atoms with E-state index in [0.29, 0.717) is 24.5 Å². The SMILES string of the molecule is COCCOc1ccc(-c2c(C3C4CC43)n(C3C=CC=CC3)c3nc[nH]c(=O)c23)cc1. The summed E-state index contributed by atoms with van der Waals surface area (Å²) < 4.78 is 13.1. The van der Waals surface area contributed by atoms with Gasteiger partial charge in [-0.25, -0.2) is 4.98 Å². The molecule has 158 valence electrons. The third kappa shape index (κ3) is 3.05. The van der Waals surface area contributed by atoms with Crippen molar-refractivity contribution in [2.45, 2.75) is 24.8 Å². The van der Waals surface area contributed by atoms with Gasteiger partial charge in [0.15, 0.2) is 0 Å². The molecule has 6 heteroatoms. The van der Waals surface area contributed by atoms with E-state index in [4.69, 9.17) is 9.47 Å². The molecular weight excluding hydrogens is 390 g/mol. The molecule has 1 N–H and O–H groups in total. The van der Waals surface area contributed by atoms with Crippen molar-refractivity contribution in [2.24, 2.45) is 11.8 Å². The van der Waals surface area contributed by atoms with Gasteiger partial charge in [-0.1, -0.05) is 36.4 Å². The molecule has 2 aromatic heterocycles. The lowest BCUT2D eigenvalue weighted by Gasteiger charge is -2.21. The van der Waals surface area contributed by atoms with Crippen molar-refractivity contribution in [2.75, 3.05) is 20.3 Å². The molecule has 2 fully saturated rings. The Hall–Kier alpha value is -3.12. The monoisotopic (exact) mass is 415 g/mol. The Morgan fingerprint density at radius 2 is 2.00 bits per heavy atom. The molecule has 3 aliphatic carbocycles. The molecule has 0 aliphatic heterocycles. The Labute approximate surface area is 180 Å². The lowest BCUT2D eigenvalue weighted by atomic mass is 9.97. The molecule has 3 atom stereocenters. The lowest BCUT2D eigenvalue weighted by molar-refractivity contribution is 0.146. The summed E-state index contributed by atoms with van der Waals surface area (Å²) in [5.74, 6) is 2.86. The number of nitrogens with one attached hydrogen (secondary N) is 1. The van der Waals surface area contributed by atoms with Gasteiger partial charge in [0.2, 0.25) is 0 Å². The fourth-order valence-corrected chi connectivity index (χ4v) is 5.02. The van der Waals surface area contributed by atoms with E-state index < -0.39 is 0 Å². The molecule has 1 aromatic carbocycles. The Balaban J connectivity index is 1.51. The highest BCUT2D eigenvalue weighted by Crippen LogP contribution is 2.74. The minimum atomic E-state index is -0.0786. The topological polar surface area (TPSA) is 69.1 Å². The van der Waals surface area contributed by atoms with Gasteiger partial charge in [0, 0.05) is 24.3 Å². The van der Waals surface area contributed by atoms with Gasteiger partial charge in [-0.2, -0.15) is 0 Å². The Kier molecular flexibility index (Phi) is 4.35. The van der Waals surface area contributed by atoms with Crippen molar-refractivity contribution in [1.29, 1.82) is 0 Å². The zero-order valence-electron chi connectivity index (χ0n) is 17.5. The van der Waals surface area contributed by atoms with Crippen LogP contribution in [0, 0.1) is 11.8 Å². The number of allylic oxidation sites excluding steroid dienone is 4. The van der Waals surface area contributed by atoms with Crippen LogP contribution >= 0.6 is 0 Å². The Bertz CT molecular complexity index is 1240. The van der Waals surface area contributed by atoms with E-state index in [1.165, 1.54) is 18.4 Å². The van der Waals surface area contributed by atoms with E-state index in [-0.39, 0.29) is 11.6 Å². The van der Waals surface area contributed by atoms with Gasteiger partial charge < -0.3 is 19.0 Å². The second-order valence-corrected chi connectivity index (χ2v) is 8.63. The Morgan fingerprint density at radius 1 is 1.16 bits per heavy atom. The van der Waals surface area contributed by atoms with Gasteiger partial charge in [0.05, 0.1) is 24.4 Å². The van der Waals surface area contributed by atoms with Crippen molar-refractivity contribution in [3.05, 3.63) is 70.9 Å². The average molecular weight is 415 g/mol. The number of nitrogens with zero attached hydrogens (tertiary/aromatic N) is 2. The normalized spacial score (nSPS) is 25.6. The van der Waals surface area contributed by atoms with Gasteiger partial charge in [-0.15, -0.1) is 0 Å². The summed E-state index contributed by atoms with van der Waals surface area (Å²) in [4.78, 5) is 20.5. The number of methoxy groups -OCH3 is 1. The minimum Gasteiger partial charge on any atom is -0.491 e. The summed E-state index contributed by atoms with van der Waals surface area (Å²) >= 11 is 0. The quantitative estimate of drug-likeness (QED) is 0.587. The van der Waals surface area contributed by atoms with Crippen LogP contribution in [0.25, 0.3) is 22.2 Å². The minimum absolute atomic E-state index is 0.0786. The summed E-state index contributed by atoms with van der Waals surface area (Å²) in [6.45, 7) is 1.06. The largest absolute Gasteiger partial charge is 0.491 e. The third-order valence-corrected chi connectivity index (χ3v) is 6.80. The molecule has 6 rings (SSSR count). The molecule has 6 nitrogen and oxygen atoms in total. The van der Waals surface area contributed by atoms with E-state index in [2.05, 4.69) is 51.0 Å². The van der Waals surface area contributed by atoms with Gasteiger partial charge >= 0.3 is 0 Å². The summed E-state index contributed by atoms with van der Waals surface area (Å²) in [6, 6.07) is 8.24. The van der Waals surface area contributed by atoms with E-state index in [1.54, 1.807) is 7.11 Å². The summed E-state index contributed by atoms with van der Waals surface area (Å²) in [5.41, 5.74) is 4.06. The van der Waals surface area contributed by atoms with E-state index in [1.807, 2.05) is 12.1 Å². The first-order chi connectivity index (χ1) is 15.3. The second kappa shape index (κ2) is 7.24. The van der Waals surface area contributed by atoms with Crippen molar-refractivity contribution < 1.29 is 9.47 Å². The maximum atomic E-state index is 13.0. The molecule has 0 amide bonds. The van der Waals surface area contributed by atoms with E-state index in [0.717, 1.165) is 40.8 Å². The standard InChI is InChI=1S/C25H25N3O3/c1-30-11-12-31-17-9-7-15(8-10-17)20-22-24(26-14-27-25(22)29)28(16-5-3-2-4-6-16)23(20)21-18-13-19(18)21/h2-5,7-10,14,16,18-19,21H,6,11-13H2,1H3,(H,26,27,29). The lowest BCUT2D eigenvalue weighted by Crippen LogP contribution is -2.13. The van der Waals surface area contributed by atoms with Crippen LogP contribution < -0.4 is 10.3 Å². The zero-order valence-corrected chi connectivity index (χ0v) is 17.5. The highest BCUT2D eigenvalue weighted by molar-refractivity contribution is 5.96. The number of benzene rings is 1. The molecule has 2 heterocycles. The molecule has 0 bridgehead atoms. The first kappa shape index (κ1) is 18.6. The highest BCUT2D eigenvalue weighted by Gasteiger charge is 2.66. The Morgan fingerprint density at radius 3 is 2.68 bits per heavy atom. The maximum Gasteiger partial charge on any atom is 0.260 e. The number of aromatic amines is 1. The van der Waals surface area contributed by atoms with E-state index in [9.17, 15) is 4.79 Å². The number of H-pyrrole nitrogens is 1. The van der Waals surface area contributed by atoms with Crippen LogP contribution in [0.2, 0.25) is 0 Å². The van der Waals surface area contributed by atoms with Gasteiger partial charge in [0.25, 0.3) is 5.56 Å². The smallest absolute Gasteiger partial charge is 0.260 e. The second-order valence-electron chi connectivity index (χ2n) is 8.63. The molecule has 3 aromatic rings. The number of ether oxygens (including phenoxy) is 2. The molecular formula is C25H25N3O3. The molecule has 0 saturated heterocycles. The highest BCUT2D eigenvalue weighted by atomic mass is 16.5. The van der Waals surface area contributed by atoms with Crippen LogP contribution in [0.5, 0.6) is 5.75 Å². The van der Waals surface area contributed by atoms with Crippen LogP contribution in [-0.2, 0) is 4.74 Å². The number of rotatable bonds is 7. The van der Waals surface area contributed by atoms with Crippen LogP contribution in [0.15, 0.2) is 59.7 Å². The van der Waals surface area contributed by atoms with Crippen LogP contribution in [-0.4, -0.2) is 34.9 Å². The first-order valence-corrected chi connectivity index (χ1v) is 10.9. The van der Waals surface area contributed by atoms with Gasteiger partial charge in [0.1, 0.15) is 18.0 Å². The molecule has 0 spiro atoms. The average Bonchev–Trinajstić information content (AvgIpc) is 3.69. The van der Waals surface area contributed by atoms with Gasteiger partial charge in [-0.3, -0.25) is 4.79 Å². The van der Waals surface area contributed by atoms with Crippen molar-refractivity contribution in [3.63, 3.8) is 0 Å². The zero-order chi connectivity index (χ0) is 20.9. The number of hydrogen-bond donors (Lipinski definition) is 1. The number of aromatic nitrogens is 3. The molecule has 2 saturated carbocycles. The van der Waals surface area contributed by atoms with Crippen LogP contribution in [0.1, 0.15) is 30.5 Å². The summed E-state index contributed by atoms with van der Waals surface area (Å²) in [5, 5.41) is 0.694. The first-order valence-electron chi connectivity index (χ1n) is 10.9. The molecule has 3 aliphatic rings. The van der Waals surface area contributed by atoms with E-state index >= 15 is 0 Å². The van der Waals surface area contributed by atoms with Gasteiger partial charge in [-0.05, 0) is 42.4 Å². The van der Waals surface area contributed by atoms with Crippen LogP contribution in [0.4, 0.5) is 0 Å². The summed E-state index contributed by atoms with van der Waals surface area (Å²) in [6.07, 6.45) is 12.3. The van der Waals surface area contributed by atoms with Crippen molar-refractivity contribution in [3.8, 4) is 16.9 Å². The number of fused-ring (bicyclic) bond motifs is 2. The fourth-order valence-electron chi connectivity index (χ4n) is 5.02. The van der Waals surface area contributed by atoms with Crippen molar-refractivity contribution >= 4 is 11.0 Å². The van der Waals surface area contributed by atoms with Crippen molar-refractivity contribution in [1.82, 2.24) is 14.5 Å². The molecule has 3 unspecified atom stereocenters. The predicted molar refractivity (Wildman–Crippen MR) is 119 cm³/mol.